The molecule has 0 bridgehead atoms. The van der Waals surface area contributed by atoms with E-state index in [0.29, 0.717) is 22.8 Å². The van der Waals surface area contributed by atoms with Crippen LogP contribution in [0.4, 0.5) is 5.69 Å². The van der Waals surface area contributed by atoms with Gasteiger partial charge in [0.15, 0.2) is 0 Å². The summed E-state index contributed by atoms with van der Waals surface area (Å²) in [6.45, 7) is 1.67. The third kappa shape index (κ3) is 4.55. The van der Waals surface area contributed by atoms with Crippen LogP contribution in [0, 0.1) is 0 Å². The van der Waals surface area contributed by atoms with Crippen LogP contribution in [-0.4, -0.2) is 38.0 Å². The lowest BCUT2D eigenvalue weighted by molar-refractivity contribution is 0.0953. The van der Waals surface area contributed by atoms with Gasteiger partial charge in [-0.1, -0.05) is 17.7 Å². The van der Waals surface area contributed by atoms with Crippen LogP contribution in [0.3, 0.4) is 0 Å². The van der Waals surface area contributed by atoms with E-state index in [1.165, 1.54) is 0 Å². The first-order valence-corrected chi connectivity index (χ1v) is 6.37. The molecule has 0 aliphatic carbocycles. The molecule has 0 aliphatic heterocycles. The molecule has 0 heterocycles. The molecule has 0 saturated heterocycles. The molecule has 0 aromatic heterocycles. The number of anilines is 1. The number of unbranched alkanes of at least 4 members (excludes halogenated alkanes) is 1. The highest BCUT2D eigenvalue weighted by Crippen LogP contribution is 2.22. The van der Waals surface area contributed by atoms with E-state index in [-0.39, 0.29) is 5.91 Å². The molecular weight excluding hydrogens is 250 g/mol. The molecule has 4 nitrogen and oxygen atoms in total. The number of hydrogen-bond donors (Lipinski definition) is 2. The van der Waals surface area contributed by atoms with Crippen LogP contribution >= 0.6 is 11.6 Å². The van der Waals surface area contributed by atoms with E-state index in [1.807, 2.05) is 14.1 Å². The first kappa shape index (κ1) is 14.8. The predicted octanol–water partition coefficient (Wildman–Crippen LogP) is 1.99. The molecule has 0 aliphatic rings. The molecule has 1 aromatic carbocycles. The van der Waals surface area contributed by atoms with Gasteiger partial charge in [-0.15, -0.1) is 0 Å². The molecule has 0 spiro atoms. The van der Waals surface area contributed by atoms with E-state index >= 15 is 0 Å². The normalized spacial score (nSPS) is 10.7. The summed E-state index contributed by atoms with van der Waals surface area (Å²) in [7, 11) is 4.07. The minimum Gasteiger partial charge on any atom is -0.397 e. The molecular formula is C13H20ClN3O. The standard InChI is InChI=1S/C13H20ClN3O/c1-17(2)9-4-3-8-16-13(18)10-6-5-7-11(14)12(10)15/h5-7H,3-4,8-9,15H2,1-2H3,(H,16,18). The molecule has 1 aromatic rings. The van der Waals surface area contributed by atoms with Crippen molar-refractivity contribution in [3.05, 3.63) is 28.8 Å². The van der Waals surface area contributed by atoms with Gasteiger partial charge < -0.3 is 16.0 Å². The highest BCUT2D eigenvalue weighted by atomic mass is 35.5. The number of carbonyl (C=O) groups is 1. The van der Waals surface area contributed by atoms with Crippen molar-refractivity contribution in [3.8, 4) is 0 Å². The van der Waals surface area contributed by atoms with Crippen LogP contribution in [0.1, 0.15) is 23.2 Å². The zero-order chi connectivity index (χ0) is 13.5. The Labute approximate surface area is 113 Å². The number of amides is 1. The summed E-state index contributed by atoms with van der Waals surface area (Å²) in [5, 5.41) is 3.26. The second-order valence-electron chi connectivity index (χ2n) is 4.47. The van der Waals surface area contributed by atoms with E-state index < -0.39 is 0 Å². The monoisotopic (exact) mass is 269 g/mol. The molecule has 0 fully saturated rings. The van der Waals surface area contributed by atoms with Crippen molar-refractivity contribution >= 4 is 23.2 Å². The van der Waals surface area contributed by atoms with Crippen LogP contribution < -0.4 is 11.1 Å². The molecule has 5 heteroatoms. The Morgan fingerprint density at radius 3 is 2.78 bits per heavy atom. The third-order valence-corrected chi connectivity index (χ3v) is 2.94. The second kappa shape index (κ2) is 7.24. The van der Waals surface area contributed by atoms with Crippen molar-refractivity contribution in [2.24, 2.45) is 0 Å². The van der Waals surface area contributed by atoms with E-state index in [9.17, 15) is 4.79 Å². The Hall–Kier alpha value is -1.26. The topological polar surface area (TPSA) is 58.4 Å². The van der Waals surface area contributed by atoms with Gasteiger partial charge in [0.25, 0.3) is 5.91 Å². The van der Waals surface area contributed by atoms with Gasteiger partial charge in [0, 0.05) is 6.54 Å². The fourth-order valence-electron chi connectivity index (χ4n) is 1.59. The number of rotatable bonds is 6. The average Bonchev–Trinajstić information content (AvgIpc) is 2.31. The number of nitrogens with zero attached hydrogens (tertiary/aromatic N) is 1. The molecule has 1 amide bonds. The van der Waals surface area contributed by atoms with Crippen LogP contribution in [0.5, 0.6) is 0 Å². The maximum atomic E-state index is 11.9. The number of nitrogens with one attached hydrogen (secondary N) is 1. The first-order chi connectivity index (χ1) is 8.52. The molecule has 3 N–H and O–H groups in total. The van der Waals surface area contributed by atoms with Gasteiger partial charge in [0.05, 0.1) is 16.3 Å². The Balaban J connectivity index is 2.39. The lowest BCUT2D eigenvalue weighted by Crippen LogP contribution is -2.26. The maximum Gasteiger partial charge on any atom is 0.253 e. The summed E-state index contributed by atoms with van der Waals surface area (Å²) in [4.78, 5) is 14.0. The highest BCUT2D eigenvalue weighted by molar-refractivity contribution is 6.33. The van der Waals surface area contributed by atoms with E-state index in [1.54, 1.807) is 18.2 Å². The van der Waals surface area contributed by atoms with E-state index in [0.717, 1.165) is 19.4 Å². The summed E-state index contributed by atoms with van der Waals surface area (Å²) in [5.41, 5.74) is 6.53. The quantitative estimate of drug-likeness (QED) is 0.613. The van der Waals surface area contributed by atoms with Gasteiger partial charge in [-0.25, -0.2) is 0 Å². The molecule has 0 atom stereocenters. The van der Waals surface area contributed by atoms with E-state index in [4.69, 9.17) is 17.3 Å². The first-order valence-electron chi connectivity index (χ1n) is 5.99. The smallest absolute Gasteiger partial charge is 0.253 e. The van der Waals surface area contributed by atoms with Gasteiger partial charge in [-0.05, 0) is 45.6 Å². The molecule has 0 saturated carbocycles. The van der Waals surface area contributed by atoms with Crippen molar-refractivity contribution < 1.29 is 4.79 Å². The van der Waals surface area contributed by atoms with Gasteiger partial charge >= 0.3 is 0 Å². The molecule has 0 unspecified atom stereocenters. The summed E-state index contributed by atoms with van der Waals surface area (Å²) in [6.07, 6.45) is 2.00. The van der Waals surface area contributed by atoms with Gasteiger partial charge in [-0.3, -0.25) is 4.79 Å². The number of hydrogen-bond acceptors (Lipinski definition) is 3. The Morgan fingerprint density at radius 2 is 2.11 bits per heavy atom. The second-order valence-corrected chi connectivity index (χ2v) is 4.87. The number of carbonyl (C=O) groups excluding carboxylic acids is 1. The largest absolute Gasteiger partial charge is 0.397 e. The fourth-order valence-corrected chi connectivity index (χ4v) is 1.76. The molecule has 0 radical (unpaired) electrons. The van der Waals surface area contributed by atoms with Crippen LogP contribution in [0.25, 0.3) is 0 Å². The van der Waals surface area contributed by atoms with E-state index in [2.05, 4.69) is 10.2 Å². The van der Waals surface area contributed by atoms with Crippen LogP contribution in [0.15, 0.2) is 18.2 Å². The molecule has 1 rings (SSSR count). The number of benzene rings is 1. The molecule has 100 valence electrons. The summed E-state index contributed by atoms with van der Waals surface area (Å²) < 4.78 is 0. The van der Waals surface area contributed by atoms with Gasteiger partial charge in [0.2, 0.25) is 0 Å². The van der Waals surface area contributed by atoms with Crippen molar-refractivity contribution in [2.45, 2.75) is 12.8 Å². The summed E-state index contributed by atoms with van der Waals surface area (Å²) in [6, 6.07) is 5.07. The number of halogens is 1. The van der Waals surface area contributed by atoms with Crippen molar-refractivity contribution in [1.82, 2.24) is 10.2 Å². The minimum atomic E-state index is -0.167. The van der Waals surface area contributed by atoms with Crippen LogP contribution in [-0.2, 0) is 0 Å². The number of nitrogen functional groups attached to an aromatic ring is 1. The lowest BCUT2D eigenvalue weighted by atomic mass is 10.1. The summed E-state index contributed by atoms with van der Waals surface area (Å²) >= 11 is 5.87. The van der Waals surface area contributed by atoms with Gasteiger partial charge in [-0.2, -0.15) is 0 Å². The minimum absolute atomic E-state index is 0.167. The van der Waals surface area contributed by atoms with Crippen molar-refractivity contribution in [1.29, 1.82) is 0 Å². The summed E-state index contributed by atoms with van der Waals surface area (Å²) in [5.74, 6) is -0.167. The fraction of sp³-hybridized carbons (Fsp3) is 0.462. The third-order valence-electron chi connectivity index (χ3n) is 2.62. The Morgan fingerprint density at radius 1 is 1.39 bits per heavy atom. The van der Waals surface area contributed by atoms with Crippen molar-refractivity contribution in [2.75, 3.05) is 32.9 Å². The maximum absolute atomic E-state index is 11.9. The SMILES string of the molecule is CN(C)CCCCNC(=O)c1cccc(Cl)c1N. The van der Waals surface area contributed by atoms with Gasteiger partial charge in [0.1, 0.15) is 0 Å². The highest BCUT2D eigenvalue weighted by Gasteiger charge is 2.10. The predicted molar refractivity (Wildman–Crippen MR) is 76.0 cm³/mol. The Bertz CT molecular complexity index is 407. The Kier molecular flexibility index (Phi) is 5.95. The number of para-hydroxylation sites is 1. The lowest BCUT2D eigenvalue weighted by Gasteiger charge is -2.10. The zero-order valence-electron chi connectivity index (χ0n) is 10.9. The molecule has 18 heavy (non-hydrogen) atoms. The van der Waals surface area contributed by atoms with Crippen LogP contribution in [0.2, 0.25) is 5.02 Å². The average molecular weight is 270 g/mol. The number of nitrogens with two attached hydrogens (primary N) is 1. The zero-order valence-corrected chi connectivity index (χ0v) is 11.6. The van der Waals surface area contributed by atoms with Crippen molar-refractivity contribution in [3.63, 3.8) is 0 Å².